The van der Waals surface area contributed by atoms with Crippen molar-refractivity contribution in [2.45, 2.75) is 57.1 Å². The Labute approximate surface area is 221 Å². The molecular weight excluding hydrogens is 509 g/mol. The number of rotatable bonds is 5. The summed E-state index contributed by atoms with van der Waals surface area (Å²) in [5.74, 6) is 0.195. The van der Waals surface area contributed by atoms with Gasteiger partial charge in [0.2, 0.25) is 10.0 Å². The summed E-state index contributed by atoms with van der Waals surface area (Å²) in [6, 6.07) is 17.1. The number of alkyl halides is 3. The van der Waals surface area contributed by atoms with Crippen LogP contribution in [0.15, 0.2) is 71.8 Å². The van der Waals surface area contributed by atoms with E-state index in [1.165, 1.54) is 12.1 Å². The molecule has 4 nitrogen and oxygen atoms in total. The molecule has 3 aromatic carbocycles. The molecular formula is C30H31F3N2O2S. The van der Waals surface area contributed by atoms with Crippen molar-refractivity contribution in [2.75, 3.05) is 13.1 Å². The van der Waals surface area contributed by atoms with E-state index in [4.69, 9.17) is 0 Å². The molecule has 1 saturated heterocycles. The molecule has 1 aromatic heterocycles. The van der Waals surface area contributed by atoms with E-state index in [1.54, 1.807) is 4.31 Å². The highest BCUT2D eigenvalue weighted by Gasteiger charge is 2.33. The lowest BCUT2D eigenvalue weighted by molar-refractivity contribution is -0.137. The second kappa shape index (κ2) is 9.89. The predicted molar refractivity (Wildman–Crippen MR) is 144 cm³/mol. The summed E-state index contributed by atoms with van der Waals surface area (Å²) in [6.45, 7) is 7.01. The van der Waals surface area contributed by atoms with Crippen LogP contribution in [-0.2, 0) is 22.7 Å². The molecule has 1 aliphatic heterocycles. The first-order valence-electron chi connectivity index (χ1n) is 12.8. The molecule has 1 aliphatic rings. The number of aromatic nitrogens is 1. The van der Waals surface area contributed by atoms with Crippen molar-refractivity contribution >= 4 is 20.9 Å². The van der Waals surface area contributed by atoms with Gasteiger partial charge in [0.05, 0.1) is 10.5 Å². The van der Waals surface area contributed by atoms with Gasteiger partial charge in [0.1, 0.15) is 0 Å². The molecule has 0 spiro atoms. The van der Waals surface area contributed by atoms with E-state index >= 15 is 0 Å². The van der Waals surface area contributed by atoms with E-state index in [0.717, 1.165) is 50.9 Å². The molecule has 0 amide bonds. The highest BCUT2D eigenvalue weighted by molar-refractivity contribution is 7.89. The molecule has 0 unspecified atom stereocenters. The SMILES string of the molecule is Cc1cc(C)c(S(=O)(=O)N2CCC(c3cn(Cc4ccc(C(F)(F)F)cc4)c4ccccc34)CC2)c(C)c1. The van der Waals surface area contributed by atoms with Crippen molar-refractivity contribution in [3.63, 3.8) is 0 Å². The van der Waals surface area contributed by atoms with Crippen LogP contribution in [0.3, 0.4) is 0 Å². The molecule has 8 heteroatoms. The number of hydrogen-bond donors (Lipinski definition) is 0. The largest absolute Gasteiger partial charge is 0.416 e. The minimum absolute atomic E-state index is 0.195. The van der Waals surface area contributed by atoms with E-state index in [2.05, 4.69) is 16.8 Å². The second-order valence-electron chi connectivity index (χ2n) is 10.3. The van der Waals surface area contributed by atoms with Gasteiger partial charge in [-0.3, -0.25) is 0 Å². The van der Waals surface area contributed by atoms with E-state index < -0.39 is 21.8 Å². The van der Waals surface area contributed by atoms with Gasteiger partial charge in [0.25, 0.3) is 0 Å². The standard InChI is InChI=1S/C30H31F3N2O2S/c1-20-16-21(2)29(22(3)17-20)38(36,37)35-14-12-24(13-15-35)27-19-34(28-7-5-4-6-26(27)28)18-23-8-10-25(11-9-23)30(31,32)33/h4-11,16-17,19,24H,12-15,18H2,1-3H3. The third kappa shape index (κ3) is 4.99. The lowest BCUT2D eigenvalue weighted by Gasteiger charge is -2.32. The topological polar surface area (TPSA) is 42.3 Å². The average Bonchev–Trinajstić information content (AvgIpc) is 3.21. The number of piperidine rings is 1. The molecule has 0 saturated carbocycles. The smallest absolute Gasteiger partial charge is 0.343 e. The Morgan fingerprint density at radius 3 is 2.11 bits per heavy atom. The first-order chi connectivity index (χ1) is 17.9. The molecule has 0 N–H and O–H groups in total. The quantitative estimate of drug-likeness (QED) is 0.269. The summed E-state index contributed by atoms with van der Waals surface area (Å²) in [7, 11) is -3.59. The van der Waals surface area contributed by atoms with Crippen molar-refractivity contribution in [3.05, 3.63) is 100 Å². The molecule has 0 bridgehead atoms. The van der Waals surface area contributed by atoms with Crippen LogP contribution < -0.4 is 0 Å². The van der Waals surface area contributed by atoms with Crippen molar-refractivity contribution in [1.82, 2.24) is 8.87 Å². The number of fused-ring (bicyclic) bond motifs is 1. The van der Waals surface area contributed by atoms with Crippen LogP contribution in [0.4, 0.5) is 13.2 Å². The van der Waals surface area contributed by atoms with Gasteiger partial charge in [-0.25, -0.2) is 8.42 Å². The molecule has 2 heterocycles. The second-order valence-corrected chi connectivity index (χ2v) is 12.2. The summed E-state index contributed by atoms with van der Waals surface area (Å²) >= 11 is 0. The van der Waals surface area contributed by atoms with Gasteiger partial charge >= 0.3 is 6.18 Å². The Morgan fingerprint density at radius 1 is 0.895 bits per heavy atom. The van der Waals surface area contributed by atoms with Crippen molar-refractivity contribution in [3.8, 4) is 0 Å². The molecule has 0 radical (unpaired) electrons. The number of nitrogens with zero attached hydrogens (tertiary/aromatic N) is 2. The van der Waals surface area contributed by atoms with Gasteiger partial charge in [-0.1, -0.05) is 48.0 Å². The van der Waals surface area contributed by atoms with Gasteiger partial charge in [-0.15, -0.1) is 0 Å². The maximum atomic E-state index is 13.5. The monoisotopic (exact) mass is 540 g/mol. The highest BCUT2D eigenvalue weighted by atomic mass is 32.2. The van der Waals surface area contributed by atoms with E-state index in [9.17, 15) is 21.6 Å². The first kappa shape index (κ1) is 26.5. The van der Waals surface area contributed by atoms with E-state index in [1.807, 2.05) is 51.1 Å². The lowest BCUT2D eigenvalue weighted by atomic mass is 9.90. The normalized spacial score (nSPS) is 15.8. The number of para-hydroxylation sites is 1. The van der Waals surface area contributed by atoms with Crippen molar-refractivity contribution < 1.29 is 21.6 Å². The zero-order chi connectivity index (χ0) is 27.2. The Bertz CT molecular complexity index is 1560. The summed E-state index contributed by atoms with van der Waals surface area (Å²) < 4.78 is 69.7. The van der Waals surface area contributed by atoms with Gasteiger partial charge < -0.3 is 4.57 Å². The Hall–Kier alpha value is -3.10. The van der Waals surface area contributed by atoms with Gasteiger partial charge in [0.15, 0.2) is 0 Å². The van der Waals surface area contributed by atoms with Crippen LogP contribution in [0.5, 0.6) is 0 Å². The van der Waals surface area contributed by atoms with Crippen LogP contribution in [0.1, 0.15) is 52.1 Å². The van der Waals surface area contributed by atoms with Crippen LogP contribution >= 0.6 is 0 Å². The Kier molecular flexibility index (Phi) is 6.90. The number of hydrogen-bond acceptors (Lipinski definition) is 2. The van der Waals surface area contributed by atoms with E-state index in [-0.39, 0.29) is 5.92 Å². The Balaban J connectivity index is 1.37. The average molecular weight is 541 g/mol. The zero-order valence-corrected chi connectivity index (χ0v) is 22.5. The Morgan fingerprint density at radius 2 is 1.50 bits per heavy atom. The van der Waals surface area contributed by atoms with Gasteiger partial charge in [0, 0.05) is 36.7 Å². The maximum Gasteiger partial charge on any atom is 0.416 e. The fraction of sp³-hybridized carbons (Fsp3) is 0.333. The summed E-state index contributed by atoms with van der Waals surface area (Å²) in [4.78, 5) is 0.412. The van der Waals surface area contributed by atoms with Crippen LogP contribution in [0, 0.1) is 20.8 Å². The fourth-order valence-electron chi connectivity index (χ4n) is 5.84. The zero-order valence-electron chi connectivity index (χ0n) is 21.7. The number of aryl methyl sites for hydroxylation is 3. The maximum absolute atomic E-state index is 13.5. The summed E-state index contributed by atoms with van der Waals surface area (Å²) in [5, 5.41) is 1.10. The third-order valence-corrected chi connectivity index (χ3v) is 9.75. The fourth-order valence-corrected chi connectivity index (χ4v) is 7.72. The molecule has 0 atom stereocenters. The molecule has 0 aliphatic carbocycles. The molecule has 38 heavy (non-hydrogen) atoms. The molecule has 4 aromatic rings. The molecule has 200 valence electrons. The molecule has 5 rings (SSSR count). The third-order valence-electron chi connectivity index (χ3n) is 7.55. The minimum atomic E-state index is -4.36. The number of benzene rings is 3. The van der Waals surface area contributed by atoms with Crippen LogP contribution in [0.25, 0.3) is 10.9 Å². The minimum Gasteiger partial charge on any atom is -0.343 e. The van der Waals surface area contributed by atoms with Crippen molar-refractivity contribution in [1.29, 1.82) is 0 Å². The first-order valence-corrected chi connectivity index (χ1v) is 14.2. The highest BCUT2D eigenvalue weighted by Crippen LogP contribution is 2.37. The van der Waals surface area contributed by atoms with Gasteiger partial charge in [-0.2, -0.15) is 17.5 Å². The summed E-state index contributed by atoms with van der Waals surface area (Å²) in [5.41, 5.74) is 4.90. The number of halogens is 3. The van der Waals surface area contributed by atoms with E-state index in [0.29, 0.717) is 37.4 Å². The van der Waals surface area contributed by atoms with Crippen LogP contribution in [0.2, 0.25) is 0 Å². The van der Waals surface area contributed by atoms with Crippen LogP contribution in [-0.4, -0.2) is 30.4 Å². The predicted octanol–water partition coefficient (Wildman–Crippen LogP) is 7.20. The number of sulfonamides is 1. The molecule has 1 fully saturated rings. The van der Waals surface area contributed by atoms with Crippen molar-refractivity contribution in [2.24, 2.45) is 0 Å². The van der Waals surface area contributed by atoms with Gasteiger partial charge in [-0.05, 0) is 80.0 Å². The summed E-state index contributed by atoms with van der Waals surface area (Å²) in [6.07, 6.45) is -0.856. The lowest BCUT2D eigenvalue weighted by Crippen LogP contribution is -2.38.